The van der Waals surface area contributed by atoms with Crippen LogP contribution in [0.25, 0.3) is 10.8 Å². The maximum Gasteiger partial charge on any atom is 0.169 e. The number of carbonyl (C=O) groups excluding carboxylic acids is 1. The van der Waals surface area contributed by atoms with Crippen molar-refractivity contribution in [1.82, 2.24) is 0 Å². The molecule has 0 saturated carbocycles. The number of fused-ring (bicyclic) bond motifs is 1. The van der Waals surface area contributed by atoms with Gasteiger partial charge in [0.15, 0.2) is 5.78 Å². The molecule has 1 aliphatic heterocycles. The molecule has 2 nitrogen and oxygen atoms in total. The highest BCUT2D eigenvalue weighted by Crippen LogP contribution is 2.36. The highest BCUT2D eigenvalue weighted by molar-refractivity contribution is 6.10. The fourth-order valence-electron chi connectivity index (χ4n) is 3.56. The Bertz CT molecular complexity index is 689. The molecule has 1 saturated heterocycles. The third-order valence-corrected chi connectivity index (χ3v) is 4.95. The lowest BCUT2D eigenvalue weighted by Crippen LogP contribution is -2.27. The molecule has 4 unspecified atom stereocenters. The van der Waals surface area contributed by atoms with Gasteiger partial charge in [0.1, 0.15) is 0 Å². The largest absolute Gasteiger partial charge is 0.374 e. The van der Waals surface area contributed by atoms with Crippen molar-refractivity contribution in [3.05, 3.63) is 47.5 Å². The number of aryl methyl sites for hydroxylation is 1. The number of hydrogen-bond donors (Lipinski definition) is 0. The van der Waals surface area contributed by atoms with Crippen LogP contribution in [0, 0.1) is 18.8 Å². The molecular weight excluding hydrogens is 260 g/mol. The Morgan fingerprint density at radius 2 is 1.62 bits per heavy atom. The molecule has 2 aromatic carbocycles. The molecule has 0 amide bonds. The third-order valence-electron chi connectivity index (χ3n) is 4.95. The van der Waals surface area contributed by atoms with Crippen LogP contribution < -0.4 is 0 Å². The lowest BCUT2D eigenvalue weighted by Gasteiger charge is -2.18. The van der Waals surface area contributed by atoms with E-state index in [1.54, 1.807) is 0 Å². The molecule has 1 aliphatic rings. The topological polar surface area (TPSA) is 26.3 Å². The number of hydrogen-bond acceptors (Lipinski definition) is 2. The predicted molar refractivity (Wildman–Crippen MR) is 85.7 cm³/mol. The molecule has 0 aromatic heterocycles. The monoisotopic (exact) mass is 282 g/mol. The van der Waals surface area contributed by atoms with Crippen molar-refractivity contribution in [3.8, 4) is 0 Å². The summed E-state index contributed by atoms with van der Waals surface area (Å²) in [6.07, 6.45) is 0.133. The van der Waals surface area contributed by atoms with Crippen molar-refractivity contribution in [2.24, 2.45) is 11.8 Å². The number of Topliss-reactive ketones (excluding diaryl/α,β-unsaturated/α-hetero) is 1. The first-order valence-electron chi connectivity index (χ1n) is 7.68. The Labute approximate surface area is 126 Å². The normalized spacial score (nSPS) is 29.0. The molecule has 1 heterocycles. The van der Waals surface area contributed by atoms with Crippen LogP contribution in [0.5, 0.6) is 0 Å². The van der Waals surface area contributed by atoms with Crippen LogP contribution in [-0.2, 0) is 4.74 Å². The quantitative estimate of drug-likeness (QED) is 0.764. The van der Waals surface area contributed by atoms with E-state index >= 15 is 0 Å². The van der Waals surface area contributed by atoms with Crippen LogP contribution in [0.1, 0.15) is 36.7 Å². The first-order valence-corrected chi connectivity index (χ1v) is 7.68. The minimum Gasteiger partial charge on any atom is -0.374 e. The first kappa shape index (κ1) is 14.3. The maximum absolute atomic E-state index is 13.1. The number of ether oxygens (including phenoxy) is 1. The number of ketones is 1. The van der Waals surface area contributed by atoms with E-state index in [9.17, 15) is 4.79 Å². The summed E-state index contributed by atoms with van der Waals surface area (Å²) in [6, 6.07) is 12.2. The molecule has 110 valence electrons. The van der Waals surface area contributed by atoms with E-state index in [0.717, 1.165) is 16.3 Å². The zero-order chi connectivity index (χ0) is 15.1. The molecule has 0 aliphatic carbocycles. The minimum absolute atomic E-state index is 0.0115. The van der Waals surface area contributed by atoms with Gasteiger partial charge in [-0.3, -0.25) is 4.79 Å². The highest BCUT2D eigenvalue weighted by atomic mass is 16.5. The van der Waals surface area contributed by atoms with Gasteiger partial charge in [0, 0.05) is 5.56 Å². The summed E-state index contributed by atoms with van der Waals surface area (Å²) < 4.78 is 5.84. The molecule has 21 heavy (non-hydrogen) atoms. The van der Waals surface area contributed by atoms with E-state index < -0.39 is 0 Å². The summed E-state index contributed by atoms with van der Waals surface area (Å²) in [7, 11) is 0. The van der Waals surface area contributed by atoms with E-state index in [1.807, 2.05) is 37.3 Å². The molecule has 0 bridgehead atoms. The Kier molecular flexibility index (Phi) is 3.58. The number of rotatable bonds is 2. The fourth-order valence-corrected chi connectivity index (χ4v) is 3.56. The van der Waals surface area contributed by atoms with Crippen LogP contribution in [0.2, 0.25) is 0 Å². The molecular formula is C19H22O2. The molecule has 3 rings (SSSR count). The van der Waals surface area contributed by atoms with Gasteiger partial charge < -0.3 is 4.74 Å². The molecule has 0 spiro atoms. The Balaban J connectivity index is 2.09. The molecule has 2 heteroatoms. The number of carbonyl (C=O) groups is 1. The van der Waals surface area contributed by atoms with Crippen LogP contribution in [-0.4, -0.2) is 18.0 Å². The summed E-state index contributed by atoms with van der Waals surface area (Å²) in [4.78, 5) is 13.1. The zero-order valence-corrected chi connectivity index (χ0v) is 13.1. The highest BCUT2D eigenvalue weighted by Gasteiger charge is 2.42. The molecule has 1 fully saturated rings. The van der Waals surface area contributed by atoms with Crippen molar-refractivity contribution in [2.45, 2.75) is 39.9 Å². The van der Waals surface area contributed by atoms with Crippen LogP contribution in [0.4, 0.5) is 0 Å². The minimum atomic E-state index is -0.0499. The van der Waals surface area contributed by atoms with E-state index in [-0.39, 0.29) is 29.8 Å². The zero-order valence-electron chi connectivity index (χ0n) is 13.1. The lowest BCUT2D eigenvalue weighted by molar-refractivity contribution is 0.0491. The average Bonchev–Trinajstić information content (AvgIpc) is 2.72. The van der Waals surface area contributed by atoms with Crippen molar-refractivity contribution in [2.75, 3.05) is 0 Å². The van der Waals surface area contributed by atoms with E-state index in [1.165, 1.54) is 5.56 Å². The fraction of sp³-hybridized carbons (Fsp3) is 0.421. The average molecular weight is 282 g/mol. The van der Waals surface area contributed by atoms with Crippen LogP contribution in [0.3, 0.4) is 0 Å². The first-order chi connectivity index (χ1) is 10.0. The van der Waals surface area contributed by atoms with E-state index in [4.69, 9.17) is 4.74 Å². The van der Waals surface area contributed by atoms with Crippen molar-refractivity contribution in [3.63, 3.8) is 0 Å². The lowest BCUT2D eigenvalue weighted by atomic mass is 9.82. The summed E-state index contributed by atoms with van der Waals surface area (Å²) in [6.45, 7) is 8.27. The van der Waals surface area contributed by atoms with Gasteiger partial charge in [-0.25, -0.2) is 0 Å². The summed E-state index contributed by atoms with van der Waals surface area (Å²) >= 11 is 0. The van der Waals surface area contributed by atoms with Gasteiger partial charge in [-0.15, -0.1) is 0 Å². The van der Waals surface area contributed by atoms with E-state index in [0.29, 0.717) is 0 Å². The number of benzene rings is 2. The summed E-state index contributed by atoms with van der Waals surface area (Å²) in [5.41, 5.74) is 2.04. The predicted octanol–water partition coefficient (Wildman–Crippen LogP) is 4.39. The van der Waals surface area contributed by atoms with Crippen LogP contribution in [0.15, 0.2) is 36.4 Å². The molecule has 0 N–H and O–H groups in total. The van der Waals surface area contributed by atoms with Gasteiger partial charge >= 0.3 is 0 Å². The third kappa shape index (κ3) is 2.28. The Hall–Kier alpha value is -1.67. The van der Waals surface area contributed by atoms with Gasteiger partial charge in [0.05, 0.1) is 18.1 Å². The maximum atomic E-state index is 13.1. The van der Waals surface area contributed by atoms with Gasteiger partial charge in [-0.05, 0) is 43.0 Å². The van der Waals surface area contributed by atoms with Gasteiger partial charge in [0.2, 0.25) is 0 Å². The smallest absolute Gasteiger partial charge is 0.169 e. The molecule has 4 atom stereocenters. The summed E-state index contributed by atoms with van der Waals surface area (Å²) in [5.74, 6) is 0.425. The van der Waals surface area contributed by atoms with Gasteiger partial charge in [-0.2, -0.15) is 0 Å². The standard InChI is InChI=1S/C19H22O2/c1-11-9-10-17(16-8-6-5-7-15(11)16)19(20)18-12(2)13(3)21-14(18)4/h5-10,12-14,18H,1-4H3. The Morgan fingerprint density at radius 1 is 0.952 bits per heavy atom. The second kappa shape index (κ2) is 5.27. The van der Waals surface area contributed by atoms with Gasteiger partial charge in [-0.1, -0.05) is 43.3 Å². The second-order valence-electron chi connectivity index (χ2n) is 6.27. The Morgan fingerprint density at radius 3 is 2.24 bits per heavy atom. The second-order valence-corrected chi connectivity index (χ2v) is 6.27. The molecule has 0 radical (unpaired) electrons. The van der Waals surface area contributed by atoms with E-state index in [2.05, 4.69) is 26.8 Å². The van der Waals surface area contributed by atoms with Crippen LogP contribution >= 0.6 is 0 Å². The van der Waals surface area contributed by atoms with Crippen molar-refractivity contribution in [1.29, 1.82) is 0 Å². The molecule has 2 aromatic rings. The SMILES string of the molecule is Cc1ccc(C(=O)C2C(C)OC(C)C2C)c2ccccc12. The van der Waals surface area contributed by atoms with Crippen molar-refractivity contribution >= 4 is 16.6 Å². The van der Waals surface area contributed by atoms with Gasteiger partial charge in [0.25, 0.3) is 0 Å². The van der Waals surface area contributed by atoms with Crippen molar-refractivity contribution < 1.29 is 9.53 Å². The summed E-state index contributed by atoms with van der Waals surface area (Å²) in [5, 5.41) is 2.22.